The third kappa shape index (κ3) is 5.25. The van der Waals surface area contributed by atoms with Crippen molar-refractivity contribution in [3.8, 4) is 16.9 Å². The van der Waals surface area contributed by atoms with Gasteiger partial charge in [0.15, 0.2) is 6.10 Å². The van der Waals surface area contributed by atoms with Crippen LogP contribution in [-0.2, 0) is 21.2 Å². The number of benzene rings is 3. The van der Waals surface area contributed by atoms with Crippen LogP contribution < -0.4 is 15.2 Å². The average molecular weight is 425 g/mol. The number of carbonyl (C=O) groups excluding carboxylic acids is 1. The number of hydrogen-bond donors (Lipinski definition) is 2. The van der Waals surface area contributed by atoms with Crippen molar-refractivity contribution in [3.05, 3.63) is 78.4 Å². The first-order valence-corrected chi connectivity index (χ1v) is 11.1. The molecule has 3 rings (SSSR count). The molecule has 0 saturated carbocycles. The molecule has 1 unspecified atom stereocenters. The highest BCUT2D eigenvalue weighted by Crippen LogP contribution is 2.23. The van der Waals surface area contributed by atoms with Gasteiger partial charge in [-0.25, -0.2) is 13.6 Å². The van der Waals surface area contributed by atoms with Crippen LogP contribution in [0.4, 0.5) is 5.69 Å². The zero-order valence-electron chi connectivity index (χ0n) is 16.8. The van der Waals surface area contributed by atoms with Crippen molar-refractivity contribution in [3.63, 3.8) is 0 Å². The second-order valence-corrected chi connectivity index (χ2v) is 8.39. The summed E-state index contributed by atoms with van der Waals surface area (Å²) in [5, 5.41) is 7.96. The van der Waals surface area contributed by atoms with Gasteiger partial charge in [-0.15, -0.1) is 0 Å². The number of sulfonamides is 1. The minimum Gasteiger partial charge on any atom is -0.481 e. The molecule has 0 aliphatic carbocycles. The Labute approximate surface area is 176 Å². The molecule has 0 aliphatic heterocycles. The van der Waals surface area contributed by atoms with Crippen LogP contribution in [0.1, 0.15) is 19.4 Å². The monoisotopic (exact) mass is 424 g/mol. The SMILES string of the molecule is CCc1ccc(NC(=O)C(C)Oc2ccc(-c3ccccc3)cc2)cc1S(N)(=O)=O. The maximum absolute atomic E-state index is 12.5. The maximum Gasteiger partial charge on any atom is 0.265 e. The van der Waals surface area contributed by atoms with Crippen LogP contribution >= 0.6 is 0 Å². The van der Waals surface area contributed by atoms with Crippen LogP contribution in [0.5, 0.6) is 5.75 Å². The van der Waals surface area contributed by atoms with Gasteiger partial charge in [-0.2, -0.15) is 0 Å². The topological polar surface area (TPSA) is 98.5 Å². The van der Waals surface area contributed by atoms with E-state index < -0.39 is 22.0 Å². The van der Waals surface area contributed by atoms with Gasteiger partial charge in [-0.1, -0.05) is 55.5 Å². The van der Waals surface area contributed by atoms with Crippen LogP contribution in [0, 0.1) is 0 Å². The summed E-state index contributed by atoms with van der Waals surface area (Å²) in [5.74, 6) is 0.163. The average Bonchev–Trinajstić information content (AvgIpc) is 2.74. The van der Waals surface area contributed by atoms with Crippen molar-refractivity contribution in [2.45, 2.75) is 31.3 Å². The highest BCUT2D eigenvalue weighted by molar-refractivity contribution is 7.89. The Morgan fingerprint density at radius 3 is 2.23 bits per heavy atom. The molecule has 3 aromatic rings. The van der Waals surface area contributed by atoms with E-state index in [0.29, 0.717) is 23.4 Å². The Hall–Kier alpha value is -3.16. The zero-order chi connectivity index (χ0) is 21.7. The molecule has 7 heteroatoms. The first-order valence-electron chi connectivity index (χ1n) is 9.56. The molecule has 3 aromatic carbocycles. The molecule has 0 radical (unpaired) electrons. The zero-order valence-corrected chi connectivity index (χ0v) is 17.6. The van der Waals surface area contributed by atoms with Crippen molar-refractivity contribution in [1.29, 1.82) is 0 Å². The number of carbonyl (C=O) groups is 1. The Kier molecular flexibility index (Phi) is 6.54. The van der Waals surface area contributed by atoms with Crippen LogP contribution in [0.15, 0.2) is 77.7 Å². The highest BCUT2D eigenvalue weighted by atomic mass is 32.2. The summed E-state index contributed by atoms with van der Waals surface area (Å²) in [4.78, 5) is 12.5. The molecule has 0 bridgehead atoms. The first kappa shape index (κ1) is 21.5. The molecular formula is C23H24N2O4S. The standard InChI is InChI=1S/C23H24N2O4S/c1-3-17-9-12-20(15-22(17)30(24,27)28)25-23(26)16(2)29-21-13-10-19(11-14-21)18-7-5-4-6-8-18/h4-16H,3H2,1-2H3,(H,25,26)(H2,24,27,28). The summed E-state index contributed by atoms with van der Waals surface area (Å²) in [5.41, 5.74) is 3.08. The lowest BCUT2D eigenvalue weighted by atomic mass is 10.1. The van der Waals surface area contributed by atoms with E-state index in [1.165, 1.54) is 6.07 Å². The fourth-order valence-electron chi connectivity index (χ4n) is 3.05. The minimum absolute atomic E-state index is 0.00729. The Bertz CT molecular complexity index is 1130. The van der Waals surface area contributed by atoms with Crippen LogP contribution in [-0.4, -0.2) is 20.4 Å². The number of ether oxygens (including phenoxy) is 1. The van der Waals surface area contributed by atoms with Gasteiger partial charge in [0.1, 0.15) is 5.75 Å². The number of nitrogens with two attached hydrogens (primary N) is 1. The summed E-state index contributed by atoms with van der Waals surface area (Å²) in [6.45, 7) is 3.46. The van der Waals surface area contributed by atoms with Crippen molar-refractivity contribution in [1.82, 2.24) is 0 Å². The van der Waals surface area contributed by atoms with Gasteiger partial charge in [-0.3, -0.25) is 4.79 Å². The Morgan fingerprint density at radius 1 is 1.00 bits per heavy atom. The maximum atomic E-state index is 12.5. The van der Waals surface area contributed by atoms with Crippen LogP contribution in [0.3, 0.4) is 0 Å². The van der Waals surface area contributed by atoms with E-state index in [0.717, 1.165) is 11.1 Å². The second-order valence-electron chi connectivity index (χ2n) is 6.86. The molecule has 30 heavy (non-hydrogen) atoms. The van der Waals surface area contributed by atoms with Crippen molar-refractivity contribution < 1.29 is 17.9 Å². The number of nitrogens with one attached hydrogen (secondary N) is 1. The third-order valence-electron chi connectivity index (χ3n) is 4.67. The second kappa shape index (κ2) is 9.11. The fourth-order valence-corrected chi connectivity index (χ4v) is 3.92. The Balaban J connectivity index is 1.68. The van der Waals surface area contributed by atoms with E-state index in [-0.39, 0.29) is 4.90 Å². The molecule has 0 saturated heterocycles. The third-order valence-corrected chi connectivity index (χ3v) is 5.66. The number of anilines is 1. The molecule has 0 aliphatic rings. The number of hydrogen-bond acceptors (Lipinski definition) is 4. The molecule has 0 heterocycles. The molecule has 0 fully saturated rings. The van der Waals surface area contributed by atoms with Crippen LogP contribution in [0.2, 0.25) is 0 Å². The minimum atomic E-state index is -3.88. The normalized spacial score (nSPS) is 12.2. The smallest absolute Gasteiger partial charge is 0.265 e. The number of aryl methyl sites for hydroxylation is 1. The molecule has 0 aromatic heterocycles. The van der Waals surface area contributed by atoms with E-state index in [1.54, 1.807) is 31.2 Å². The van der Waals surface area contributed by atoms with E-state index in [9.17, 15) is 13.2 Å². The summed E-state index contributed by atoms with van der Waals surface area (Å²) < 4.78 is 29.3. The molecule has 3 N–H and O–H groups in total. The molecular weight excluding hydrogens is 400 g/mol. The fraction of sp³-hybridized carbons (Fsp3) is 0.174. The molecule has 1 amide bonds. The lowest BCUT2D eigenvalue weighted by Gasteiger charge is -2.16. The van der Waals surface area contributed by atoms with Gasteiger partial charge < -0.3 is 10.1 Å². The van der Waals surface area contributed by atoms with Crippen molar-refractivity contribution in [2.75, 3.05) is 5.32 Å². The summed E-state index contributed by atoms with van der Waals surface area (Å²) in [7, 11) is -3.88. The van der Waals surface area contributed by atoms with Crippen molar-refractivity contribution >= 4 is 21.6 Å². The van der Waals surface area contributed by atoms with Gasteiger partial charge in [0.2, 0.25) is 10.0 Å². The predicted molar refractivity (Wildman–Crippen MR) is 118 cm³/mol. The summed E-state index contributed by atoms with van der Waals surface area (Å²) in [6, 6.07) is 22.1. The molecule has 0 spiro atoms. The summed E-state index contributed by atoms with van der Waals surface area (Å²) >= 11 is 0. The van der Waals surface area contributed by atoms with Gasteiger partial charge in [0.25, 0.3) is 5.91 Å². The molecule has 1 atom stereocenters. The highest BCUT2D eigenvalue weighted by Gasteiger charge is 2.18. The van der Waals surface area contributed by atoms with Crippen molar-refractivity contribution in [2.24, 2.45) is 5.14 Å². The largest absolute Gasteiger partial charge is 0.481 e. The lowest BCUT2D eigenvalue weighted by Crippen LogP contribution is -2.30. The molecule has 156 valence electrons. The predicted octanol–water partition coefficient (Wildman–Crippen LogP) is 3.97. The number of amides is 1. The summed E-state index contributed by atoms with van der Waals surface area (Å²) in [6.07, 6.45) is -0.269. The number of primary sulfonamides is 1. The van der Waals surface area contributed by atoms with Gasteiger partial charge in [0.05, 0.1) is 4.90 Å². The van der Waals surface area contributed by atoms with Crippen LogP contribution in [0.25, 0.3) is 11.1 Å². The quantitative estimate of drug-likeness (QED) is 0.599. The Morgan fingerprint density at radius 2 is 1.63 bits per heavy atom. The van der Waals surface area contributed by atoms with E-state index >= 15 is 0 Å². The van der Waals surface area contributed by atoms with Gasteiger partial charge in [-0.05, 0) is 54.3 Å². The van der Waals surface area contributed by atoms with E-state index in [2.05, 4.69) is 5.32 Å². The van der Waals surface area contributed by atoms with Gasteiger partial charge >= 0.3 is 0 Å². The molecule has 6 nitrogen and oxygen atoms in total. The first-order chi connectivity index (χ1) is 14.3. The van der Waals surface area contributed by atoms with E-state index in [1.807, 2.05) is 49.4 Å². The van der Waals surface area contributed by atoms with Gasteiger partial charge in [0, 0.05) is 5.69 Å². The van der Waals surface area contributed by atoms with E-state index in [4.69, 9.17) is 9.88 Å². The lowest BCUT2D eigenvalue weighted by molar-refractivity contribution is -0.122. The number of rotatable bonds is 7.